The van der Waals surface area contributed by atoms with Crippen LogP contribution in [0, 0.1) is 11.3 Å². The molecule has 0 spiro atoms. The van der Waals surface area contributed by atoms with Crippen molar-refractivity contribution in [1.29, 1.82) is 0 Å². The zero-order chi connectivity index (χ0) is 12.6. The number of rotatable bonds is 9. The van der Waals surface area contributed by atoms with Crippen molar-refractivity contribution in [1.82, 2.24) is 0 Å². The highest BCUT2D eigenvalue weighted by molar-refractivity contribution is 5.75. The van der Waals surface area contributed by atoms with E-state index in [1.54, 1.807) is 0 Å². The fraction of sp³-hybridized carbons (Fsp3) is 0.909. The summed E-state index contributed by atoms with van der Waals surface area (Å²) in [5, 5.41) is 17.8. The van der Waals surface area contributed by atoms with Crippen molar-refractivity contribution >= 4 is 5.97 Å². The first-order chi connectivity index (χ1) is 7.48. The average Bonchev–Trinajstić information content (AvgIpc) is 2.21. The molecule has 0 amide bonds. The molecule has 1 unspecified atom stereocenters. The van der Waals surface area contributed by atoms with Crippen molar-refractivity contribution < 1.29 is 19.7 Å². The molecule has 0 rings (SSSR count). The van der Waals surface area contributed by atoms with Gasteiger partial charge < -0.3 is 20.7 Å². The van der Waals surface area contributed by atoms with Crippen LogP contribution in [0.1, 0.15) is 26.7 Å². The molecule has 16 heavy (non-hydrogen) atoms. The summed E-state index contributed by atoms with van der Waals surface area (Å²) < 4.78 is 5.10. The Morgan fingerprint density at radius 3 is 2.44 bits per heavy atom. The molecule has 0 aliphatic carbocycles. The number of hydrogen-bond acceptors (Lipinski definition) is 4. The van der Waals surface area contributed by atoms with Gasteiger partial charge in [-0.3, -0.25) is 4.79 Å². The Morgan fingerprint density at radius 2 is 2.06 bits per heavy atom. The van der Waals surface area contributed by atoms with Gasteiger partial charge >= 0.3 is 5.97 Å². The number of carboxylic acid groups (broad SMARTS) is 1. The molecule has 0 heterocycles. The minimum Gasteiger partial charge on any atom is -0.481 e. The van der Waals surface area contributed by atoms with Gasteiger partial charge in [0.05, 0.1) is 18.6 Å². The predicted octanol–water partition coefficient (Wildman–Crippen LogP) is 0.461. The molecule has 0 saturated carbocycles. The van der Waals surface area contributed by atoms with E-state index in [1.165, 1.54) is 0 Å². The number of nitrogens with two attached hydrogens (primary N) is 1. The van der Waals surface area contributed by atoms with E-state index in [0.29, 0.717) is 19.4 Å². The zero-order valence-corrected chi connectivity index (χ0v) is 10.1. The SMILES string of the molecule is CC(C)CC(CN)(CCOCCO)C(=O)O. The summed E-state index contributed by atoms with van der Waals surface area (Å²) in [6, 6.07) is 0. The summed E-state index contributed by atoms with van der Waals surface area (Å²) in [5.41, 5.74) is 4.69. The Labute approximate surface area is 96.6 Å². The number of hydrogen-bond donors (Lipinski definition) is 3. The number of aliphatic carboxylic acids is 1. The van der Waals surface area contributed by atoms with E-state index in [9.17, 15) is 9.90 Å². The Morgan fingerprint density at radius 1 is 1.44 bits per heavy atom. The Bertz CT molecular complexity index is 208. The normalized spacial score (nSPS) is 15.1. The van der Waals surface area contributed by atoms with Gasteiger partial charge in [-0.05, 0) is 18.8 Å². The number of aliphatic hydroxyl groups is 1. The van der Waals surface area contributed by atoms with E-state index < -0.39 is 11.4 Å². The number of carboxylic acids is 1. The van der Waals surface area contributed by atoms with Crippen LogP contribution in [0.25, 0.3) is 0 Å². The standard InChI is InChI=1S/C11H23NO4/c1-9(2)7-11(8-12,10(14)15)3-5-16-6-4-13/h9,13H,3-8,12H2,1-2H3,(H,14,15). The molecule has 4 N–H and O–H groups in total. The van der Waals surface area contributed by atoms with Crippen molar-refractivity contribution in [3.63, 3.8) is 0 Å². The van der Waals surface area contributed by atoms with Crippen LogP contribution in [0.3, 0.4) is 0 Å². The third-order valence-electron chi connectivity index (χ3n) is 2.60. The van der Waals surface area contributed by atoms with E-state index in [2.05, 4.69) is 0 Å². The molecule has 0 aliphatic heterocycles. The fourth-order valence-electron chi connectivity index (χ4n) is 1.78. The van der Waals surface area contributed by atoms with Crippen LogP contribution in [-0.2, 0) is 9.53 Å². The van der Waals surface area contributed by atoms with Gasteiger partial charge in [0, 0.05) is 13.2 Å². The third-order valence-corrected chi connectivity index (χ3v) is 2.60. The summed E-state index contributed by atoms with van der Waals surface area (Å²) in [4.78, 5) is 11.3. The molecular weight excluding hydrogens is 210 g/mol. The first-order valence-electron chi connectivity index (χ1n) is 5.60. The lowest BCUT2D eigenvalue weighted by molar-refractivity contribution is -0.150. The molecule has 0 saturated heterocycles. The van der Waals surface area contributed by atoms with Crippen molar-refractivity contribution in [3.05, 3.63) is 0 Å². The maximum atomic E-state index is 11.3. The summed E-state index contributed by atoms with van der Waals surface area (Å²) in [6.45, 7) is 4.57. The Hall–Kier alpha value is -0.650. The van der Waals surface area contributed by atoms with Crippen molar-refractivity contribution in [2.24, 2.45) is 17.1 Å². The molecule has 1 atom stereocenters. The molecule has 96 valence electrons. The molecule has 5 nitrogen and oxygen atoms in total. The molecule has 0 aromatic carbocycles. The maximum Gasteiger partial charge on any atom is 0.311 e. The summed E-state index contributed by atoms with van der Waals surface area (Å²) in [6.07, 6.45) is 0.929. The smallest absolute Gasteiger partial charge is 0.311 e. The largest absolute Gasteiger partial charge is 0.481 e. The van der Waals surface area contributed by atoms with Crippen LogP contribution < -0.4 is 5.73 Å². The lowest BCUT2D eigenvalue weighted by Crippen LogP contribution is -2.41. The monoisotopic (exact) mass is 233 g/mol. The molecular formula is C11H23NO4. The molecule has 0 aromatic rings. The number of aliphatic hydroxyl groups excluding tert-OH is 1. The van der Waals surface area contributed by atoms with Gasteiger partial charge in [0.1, 0.15) is 0 Å². The second-order valence-corrected chi connectivity index (χ2v) is 4.47. The van der Waals surface area contributed by atoms with Gasteiger partial charge in [-0.2, -0.15) is 0 Å². The van der Waals surface area contributed by atoms with Gasteiger partial charge in [0.2, 0.25) is 0 Å². The van der Waals surface area contributed by atoms with E-state index in [4.69, 9.17) is 15.6 Å². The quantitative estimate of drug-likeness (QED) is 0.503. The fourth-order valence-corrected chi connectivity index (χ4v) is 1.78. The molecule has 0 aromatic heterocycles. The van der Waals surface area contributed by atoms with Gasteiger partial charge in [0.25, 0.3) is 0 Å². The second kappa shape index (κ2) is 7.60. The van der Waals surface area contributed by atoms with Crippen molar-refractivity contribution in [2.75, 3.05) is 26.4 Å². The van der Waals surface area contributed by atoms with E-state index in [-0.39, 0.29) is 25.7 Å². The van der Waals surface area contributed by atoms with Gasteiger partial charge in [0.15, 0.2) is 0 Å². The topological polar surface area (TPSA) is 92.8 Å². The van der Waals surface area contributed by atoms with Crippen LogP contribution in [0.15, 0.2) is 0 Å². The van der Waals surface area contributed by atoms with E-state index >= 15 is 0 Å². The maximum absolute atomic E-state index is 11.3. The number of carbonyl (C=O) groups is 1. The van der Waals surface area contributed by atoms with Gasteiger partial charge in [-0.25, -0.2) is 0 Å². The minimum absolute atomic E-state index is 0.0487. The molecule has 0 radical (unpaired) electrons. The first kappa shape index (κ1) is 15.3. The van der Waals surface area contributed by atoms with Crippen LogP contribution in [0.4, 0.5) is 0 Å². The van der Waals surface area contributed by atoms with Gasteiger partial charge in [-0.1, -0.05) is 13.8 Å². The highest BCUT2D eigenvalue weighted by atomic mass is 16.5. The summed E-state index contributed by atoms with van der Waals surface area (Å²) >= 11 is 0. The predicted molar refractivity (Wildman–Crippen MR) is 61.1 cm³/mol. The van der Waals surface area contributed by atoms with E-state index in [1.807, 2.05) is 13.8 Å². The lowest BCUT2D eigenvalue weighted by Gasteiger charge is -2.29. The second-order valence-electron chi connectivity index (χ2n) is 4.47. The summed E-state index contributed by atoms with van der Waals surface area (Å²) in [7, 11) is 0. The van der Waals surface area contributed by atoms with Crippen molar-refractivity contribution in [2.45, 2.75) is 26.7 Å². The van der Waals surface area contributed by atoms with Crippen LogP contribution >= 0.6 is 0 Å². The Balaban J connectivity index is 4.34. The highest BCUT2D eigenvalue weighted by Gasteiger charge is 2.37. The molecule has 5 heteroatoms. The minimum atomic E-state index is -0.899. The Kier molecular flexibility index (Phi) is 7.29. The third kappa shape index (κ3) is 4.92. The average molecular weight is 233 g/mol. The molecule has 0 aliphatic rings. The summed E-state index contributed by atoms with van der Waals surface area (Å²) in [5.74, 6) is -0.589. The first-order valence-corrected chi connectivity index (χ1v) is 5.60. The zero-order valence-electron chi connectivity index (χ0n) is 10.1. The van der Waals surface area contributed by atoms with Gasteiger partial charge in [-0.15, -0.1) is 0 Å². The van der Waals surface area contributed by atoms with Crippen LogP contribution in [0.5, 0.6) is 0 Å². The van der Waals surface area contributed by atoms with Crippen molar-refractivity contribution in [3.8, 4) is 0 Å². The number of ether oxygens (including phenoxy) is 1. The molecule has 0 fully saturated rings. The van der Waals surface area contributed by atoms with Crippen LogP contribution in [-0.4, -0.2) is 42.5 Å². The molecule has 0 bridgehead atoms. The van der Waals surface area contributed by atoms with Crippen LogP contribution in [0.2, 0.25) is 0 Å². The highest BCUT2D eigenvalue weighted by Crippen LogP contribution is 2.29. The van der Waals surface area contributed by atoms with E-state index in [0.717, 1.165) is 0 Å². The lowest BCUT2D eigenvalue weighted by atomic mass is 9.77.